The number of thioether (sulfide) groups is 1. The maximum absolute atomic E-state index is 13.0. The number of nitrogens with zero attached hydrogens (tertiary/aromatic N) is 2. The molecule has 4 aliphatic heterocycles. The Morgan fingerprint density at radius 3 is 3.00 bits per heavy atom. The second-order valence-electron chi connectivity index (χ2n) is 6.79. The molecular weight excluding hydrogens is 328 g/mol. The van der Waals surface area contributed by atoms with Gasteiger partial charge < -0.3 is 19.3 Å². The van der Waals surface area contributed by atoms with Crippen molar-refractivity contribution in [1.29, 1.82) is 0 Å². The summed E-state index contributed by atoms with van der Waals surface area (Å²) in [5, 5.41) is 0. The van der Waals surface area contributed by atoms with E-state index in [4.69, 9.17) is 9.47 Å². The average Bonchev–Trinajstić information content (AvgIpc) is 3.24. The SMILES string of the molecule is CCOCCN1C[C@]23C=C[C@H](O2)[C@H](C(=O)N2CCSCC2)[C@H]3C1=O. The molecule has 4 aliphatic rings. The lowest BCUT2D eigenvalue weighted by atomic mass is 9.76. The second-order valence-corrected chi connectivity index (χ2v) is 8.02. The third kappa shape index (κ3) is 2.48. The van der Waals surface area contributed by atoms with Gasteiger partial charge in [0.15, 0.2) is 0 Å². The van der Waals surface area contributed by atoms with Gasteiger partial charge >= 0.3 is 0 Å². The quantitative estimate of drug-likeness (QED) is 0.529. The lowest BCUT2D eigenvalue weighted by Crippen LogP contribution is -2.48. The topological polar surface area (TPSA) is 59.1 Å². The van der Waals surface area contributed by atoms with Crippen molar-refractivity contribution < 1.29 is 19.1 Å². The molecule has 0 aliphatic carbocycles. The highest BCUT2D eigenvalue weighted by molar-refractivity contribution is 7.99. The van der Waals surface area contributed by atoms with E-state index in [-0.39, 0.29) is 29.8 Å². The van der Waals surface area contributed by atoms with Crippen molar-refractivity contribution in [1.82, 2.24) is 9.80 Å². The standard InChI is InChI=1S/C17H24N2O4S/c1-2-22-8-5-19-11-17-4-3-12(23-17)13(14(17)16(19)21)15(20)18-6-9-24-10-7-18/h3-4,12-14H,2,5-11H2,1H3/t12-,13-,14-,17-/m0/s1. The number of likely N-dealkylation sites (tertiary alicyclic amines) is 1. The van der Waals surface area contributed by atoms with Gasteiger partial charge in [0.1, 0.15) is 5.60 Å². The summed E-state index contributed by atoms with van der Waals surface area (Å²) in [5.74, 6) is 1.37. The summed E-state index contributed by atoms with van der Waals surface area (Å²) >= 11 is 1.88. The van der Waals surface area contributed by atoms with Gasteiger partial charge in [0, 0.05) is 37.7 Å². The van der Waals surface area contributed by atoms with Crippen LogP contribution in [0.25, 0.3) is 0 Å². The molecule has 0 aromatic rings. The molecule has 0 N–H and O–H groups in total. The van der Waals surface area contributed by atoms with E-state index in [2.05, 4.69) is 0 Å². The zero-order valence-corrected chi connectivity index (χ0v) is 14.8. The minimum absolute atomic E-state index is 0.0475. The predicted octanol–water partition coefficient (Wildman–Crippen LogP) is 0.380. The monoisotopic (exact) mass is 352 g/mol. The van der Waals surface area contributed by atoms with Gasteiger partial charge in [0.2, 0.25) is 11.8 Å². The first-order valence-electron chi connectivity index (χ1n) is 8.76. The van der Waals surface area contributed by atoms with E-state index in [1.807, 2.05) is 35.7 Å². The van der Waals surface area contributed by atoms with Gasteiger partial charge in [-0.25, -0.2) is 0 Å². The Morgan fingerprint density at radius 2 is 2.25 bits per heavy atom. The van der Waals surface area contributed by atoms with Crippen molar-refractivity contribution in [2.45, 2.75) is 18.6 Å². The number of carbonyl (C=O) groups excluding carboxylic acids is 2. The molecule has 6 nitrogen and oxygen atoms in total. The van der Waals surface area contributed by atoms with E-state index in [0.29, 0.717) is 26.3 Å². The molecule has 4 atom stereocenters. The Labute approximate surface area is 146 Å². The van der Waals surface area contributed by atoms with Crippen molar-refractivity contribution in [3.05, 3.63) is 12.2 Å². The number of hydrogen-bond acceptors (Lipinski definition) is 5. The maximum atomic E-state index is 13.0. The van der Waals surface area contributed by atoms with E-state index >= 15 is 0 Å². The number of hydrogen-bond donors (Lipinski definition) is 0. The van der Waals surface area contributed by atoms with Crippen LogP contribution in [-0.2, 0) is 19.1 Å². The number of carbonyl (C=O) groups is 2. The van der Waals surface area contributed by atoms with Gasteiger partial charge in [0.25, 0.3) is 0 Å². The molecule has 7 heteroatoms. The molecule has 3 fully saturated rings. The largest absolute Gasteiger partial charge is 0.380 e. The van der Waals surface area contributed by atoms with Gasteiger partial charge in [-0.2, -0.15) is 11.8 Å². The molecule has 0 saturated carbocycles. The maximum Gasteiger partial charge on any atom is 0.230 e. The van der Waals surface area contributed by atoms with Crippen LogP contribution in [0.4, 0.5) is 0 Å². The third-order valence-corrected chi connectivity index (χ3v) is 6.44. The molecule has 132 valence electrons. The third-order valence-electron chi connectivity index (χ3n) is 5.50. The van der Waals surface area contributed by atoms with Gasteiger partial charge in [0.05, 0.1) is 31.1 Å². The van der Waals surface area contributed by atoms with E-state index in [1.54, 1.807) is 4.90 Å². The molecule has 24 heavy (non-hydrogen) atoms. The highest BCUT2D eigenvalue weighted by atomic mass is 32.2. The van der Waals surface area contributed by atoms with Gasteiger partial charge in [-0.3, -0.25) is 9.59 Å². The van der Waals surface area contributed by atoms with Crippen LogP contribution >= 0.6 is 11.8 Å². The molecule has 4 rings (SSSR count). The van der Waals surface area contributed by atoms with Crippen LogP contribution in [0.3, 0.4) is 0 Å². The first-order valence-corrected chi connectivity index (χ1v) is 9.92. The van der Waals surface area contributed by atoms with Crippen LogP contribution in [0.5, 0.6) is 0 Å². The van der Waals surface area contributed by atoms with E-state index in [9.17, 15) is 9.59 Å². The molecule has 0 radical (unpaired) electrons. The van der Waals surface area contributed by atoms with E-state index in [1.165, 1.54) is 0 Å². The Kier molecular flexibility index (Phi) is 4.34. The molecule has 3 saturated heterocycles. The predicted molar refractivity (Wildman–Crippen MR) is 90.7 cm³/mol. The summed E-state index contributed by atoms with van der Waals surface area (Å²) in [7, 11) is 0. The van der Waals surface area contributed by atoms with E-state index in [0.717, 1.165) is 24.6 Å². The fourth-order valence-electron chi connectivity index (χ4n) is 4.36. The molecule has 1 spiro atoms. The summed E-state index contributed by atoms with van der Waals surface area (Å²) in [6.07, 6.45) is 3.75. The van der Waals surface area contributed by atoms with Crippen molar-refractivity contribution >= 4 is 23.6 Å². The summed E-state index contributed by atoms with van der Waals surface area (Å²) in [4.78, 5) is 29.7. The lowest BCUT2D eigenvalue weighted by molar-refractivity contribution is -0.143. The van der Waals surface area contributed by atoms with Crippen molar-refractivity contribution in [3.8, 4) is 0 Å². The van der Waals surface area contributed by atoms with Gasteiger partial charge in [-0.15, -0.1) is 0 Å². The normalized spacial score (nSPS) is 37.4. The van der Waals surface area contributed by atoms with E-state index < -0.39 is 5.60 Å². The van der Waals surface area contributed by atoms with Crippen LogP contribution in [0.2, 0.25) is 0 Å². The highest BCUT2D eigenvalue weighted by Crippen LogP contribution is 2.52. The Hall–Kier alpha value is -1.05. The minimum Gasteiger partial charge on any atom is -0.380 e. The number of amides is 2. The molecule has 4 heterocycles. The molecule has 0 aromatic heterocycles. The fourth-order valence-corrected chi connectivity index (χ4v) is 5.27. The first kappa shape index (κ1) is 16.4. The molecule has 0 aromatic carbocycles. The summed E-state index contributed by atoms with van der Waals surface area (Å²) < 4.78 is 11.5. The summed E-state index contributed by atoms with van der Waals surface area (Å²) in [5.41, 5.74) is -0.598. The van der Waals surface area contributed by atoms with Gasteiger partial charge in [-0.05, 0) is 6.92 Å². The fraction of sp³-hybridized carbons (Fsp3) is 0.765. The van der Waals surface area contributed by atoms with Crippen LogP contribution in [0.15, 0.2) is 12.2 Å². The Morgan fingerprint density at radius 1 is 1.46 bits per heavy atom. The Balaban J connectivity index is 1.52. The minimum atomic E-state index is -0.598. The average molecular weight is 352 g/mol. The number of ether oxygens (including phenoxy) is 2. The van der Waals surface area contributed by atoms with Crippen LogP contribution in [0, 0.1) is 11.8 Å². The van der Waals surface area contributed by atoms with Crippen LogP contribution in [-0.4, -0.2) is 84.2 Å². The Bertz CT molecular complexity index is 563. The zero-order chi connectivity index (χ0) is 16.7. The summed E-state index contributed by atoms with van der Waals surface area (Å²) in [6.45, 7) is 5.77. The van der Waals surface area contributed by atoms with Crippen LogP contribution in [0.1, 0.15) is 6.92 Å². The van der Waals surface area contributed by atoms with Gasteiger partial charge in [-0.1, -0.05) is 12.2 Å². The molecule has 2 bridgehead atoms. The molecular formula is C17H24N2O4S. The smallest absolute Gasteiger partial charge is 0.230 e. The zero-order valence-electron chi connectivity index (χ0n) is 14.0. The second kappa shape index (κ2) is 6.35. The first-order chi connectivity index (χ1) is 11.7. The van der Waals surface area contributed by atoms with Crippen molar-refractivity contribution in [3.63, 3.8) is 0 Å². The lowest BCUT2D eigenvalue weighted by Gasteiger charge is -2.32. The molecule has 2 amide bonds. The number of rotatable bonds is 5. The number of fused-ring (bicyclic) bond motifs is 1. The van der Waals surface area contributed by atoms with Crippen molar-refractivity contribution in [2.24, 2.45) is 11.8 Å². The molecule has 0 unspecified atom stereocenters. The van der Waals surface area contributed by atoms with Crippen LogP contribution < -0.4 is 0 Å². The van der Waals surface area contributed by atoms with Crippen molar-refractivity contribution in [2.75, 3.05) is 50.9 Å². The highest BCUT2D eigenvalue weighted by Gasteiger charge is 2.67. The summed E-state index contributed by atoms with van der Waals surface area (Å²) in [6, 6.07) is 0.